The van der Waals surface area contributed by atoms with Gasteiger partial charge < -0.3 is 9.64 Å². The highest BCUT2D eigenvalue weighted by molar-refractivity contribution is 7.87. The summed E-state index contributed by atoms with van der Waals surface area (Å²) in [5.41, 5.74) is -0.994. The number of aryl methyl sites for hydroxylation is 1. The van der Waals surface area contributed by atoms with E-state index in [1.807, 2.05) is 65.8 Å². The smallest absolute Gasteiger partial charge is 0.410 e. The van der Waals surface area contributed by atoms with Crippen molar-refractivity contribution in [3.63, 3.8) is 0 Å². The number of rotatable bonds is 4. The molecule has 0 aromatic heterocycles. The predicted molar refractivity (Wildman–Crippen MR) is 116 cm³/mol. The van der Waals surface area contributed by atoms with Crippen LogP contribution in [-0.4, -0.2) is 38.6 Å². The van der Waals surface area contributed by atoms with Crippen LogP contribution < -0.4 is 0 Å². The number of piperidine rings is 1. The highest BCUT2D eigenvalue weighted by atomic mass is 35.5. The van der Waals surface area contributed by atoms with Crippen LogP contribution in [0.2, 0.25) is 0 Å². The summed E-state index contributed by atoms with van der Waals surface area (Å²) in [6.45, 7) is 12.0. The van der Waals surface area contributed by atoms with Gasteiger partial charge in [0.25, 0.3) is 0 Å². The van der Waals surface area contributed by atoms with Crippen LogP contribution in [0.1, 0.15) is 53.0 Å². The van der Waals surface area contributed by atoms with Crippen molar-refractivity contribution in [3.8, 4) is 6.07 Å². The summed E-state index contributed by atoms with van der Waals surface area (Å²) in [5.74, 6) is 0. The Morgan fingerprint density at radius 3 is 2.17 bits per heavy atom. The van der Waals surface area contributed by atoms with Crippen LogP contribution in [0.4, 0.5) is 4.79 Å². The van der Waals surface area contributed by atoms with Crippen molar-refractivity contribution >= 4 is 28.5 Å². The maximum absolute atomic E-state index is 13.3. The van der Waals surface area contributed by atoms with Gasteiger partial charge in [-0.25, -0.2) is 4.79 Å². The Bertz CT molecular complexity index is 801. The average Bonchev–Trinajstić information content (AvgIpc) is 2.66. The molecule has 7 heteroatoms. The third kappa shape index (κ3) is 5.13. The molecule has 2 atom stereocenters. The van der Waals surface area contributed by atoms with Crippen LogP contribution in [0.3, 0.4) is 0 Å². The second-order valence-electron chi connectivity index (χ2n) is 9.29. The Kier molecular flexibility index (Phi) is 7.07. The van der Waals surface area contributed by atoms with E-state index in [4.69, 9.17) is 16.3 Å². The van der Waals surface area contributed by atoms with E-state index in [9.17, 15) is 14.3 Å². The van der Waals surface area contributed by atoms with E-state index in [-0.39, 0.29) is 6.09 Å². The number of halogens is 1. The minimum absolute atomic E-state index is 0.369. The van der Waals surface area contributed by atoms with Crippen molar-refractivity contribution < 1.29 is 13.7 Å². The number of hydrogen-bond donors (Lipinski definition) is 0. The standard InChI is InChI=1S/C22H31ClN2O3S/c1-16-7-9-17(10-8-16)29(27)18(23)22(21(5,6)15-24)11-13-25(14-12-22)19(26)28-20(2,3)4/h7-10,18H,11-14H2,1-6H3. The van der Waals surface area contributed by atoms with Crippen LogP contribution in [0.5, 0.6) is 0 Å². The van der Waals surface area contributed by atoms with E-state index in [0.717, 1.165) is 5.56 Å². The van der Waals surface area contributed by atoms with Gasteiger partial charge in [-0.3, -0.25) is 4.21 Å². The van der Waals surface area contributed by atoms with E-state index >= 15 is 0 Å². The highest BCUT2D eigenvalue weighted by Gasteiger charge is 2.54. The lowest BCUT2D eigenvalue weighted by atomic mass is 9.62. The molecular formula is C22H31ClN2O3S. The molecule has 0 bridgehead atoms. The fourth-order valence-corrected chi connectivity index (χ4v) is 6.04. The first-order chi connectivity index (χ1) is 13.3. The molecule has 1 aromatic rings. The SMILES string of the molecule is Cc1ccc(S(=O)C(Cl)C2(C(C)(C)C#N)CCN(C(=O)OC(C)(C)C)CC2)cc1. The molecule has 1 saturated heterocycles. The first-order valence-corrected chi connectivity index (χ1v) is 11.5. The van der Waals surface area contributed by atoms with Gasteiger partial charge in [-0.2, -0.15) is 5.26 Å². The van der Waals surface area contributed by atoms with Crippen LogP contribution in [0.25, 0.3) is 0 Å². The van der Waals surface area contributed by atoms with Gasteiger partial charge in [0.1, 0.15) is 10.3 Å². The van der Waals surface area contributed by atoms with E-state index < -0.39 is 31.9 Å². The summed E-state index contributed by atoms with van der Waals surface area (Å²) in [4.78, 5) is 14.7. The van der Waals surface area contributed by atoms with Gasteiger partial charge >= 0.3 is 6.09 Å². The normalized spacial score (nSPS) is 19.2. The van der Waals surface area contributed by atoms with Crippen LogP contribution in [0, 0.1) is 29.1 Å². The molecule has 1 aliphatic rings. The van der Waals surface area contributed by atoms with Crippen LogP contribution in [-0.2, 0) is 15.5 Å². The number of benzene rings is 1. The second-order valence-corrected chi connectivity index (χ2v) is 11.5. The molecule has 2 rings (SSSR count). The zero-order valence-electron chi connectivity index (χ0n) is 18.1. The molecular weight excluding hydrogens is 408 g/mol. The van der Waals surface area contributed by atoms with Gasteiger partial charge in [0, 0.05) is 23.4 Å². The lowest BCUT2D eigenvalue weighted by Gasteiger charge is -2.50. The molecule has 1 aromatic carbocycles. The molecule has 0 N–H and O–H groups in total. The lowest BCUT2D eigenvalue weighted by molar-refractivity contribution is -0.00321. The Hall–Kier alpha value is -1.58. The molecule has 1 heterocycles. The van der Waals surface area contributed by atoms with Crippen molar-refractivity contribution in [2.45, 2.75) is 69.6 Å². The summed E-state index contributed by atoms with van der Waals surface area (Å²) in [6.07, 6.45) is 0.601. The summed E-state index contributed by atoms with van der Waals surface area (Å²) in [7, 11) is -1.48. The van der Waals surface area contributed by atoms with E-state index in [2.05, 4.69) is 6.07 Å². The first kappa shape index (κ1) is 23.7. The third-order valence-corrected chi connectivity index (χ3v) is 8.17. The molecule has 160 valence electrons. The van der Waals surface area contributed by atoms with E-state index in [1.165, 1.54) is 0 Å². The van der Waals surface area contributed by atoms with Gasteiger partial charge in [0.05, 0.1) is 22.3 Å². The third-order valence-electron chi connectivity index (χ3n) is 5.71. The number of likely N-dealkylation sites (tertiary alicyclic amines) is 1. The zero-order valence-corrected chi connectivity index (χ0v) is 19.7. The van der Waals surface area contributed by atoms with Crippen molar-refractivity contribution in [1.29, 1.82) is 5.26 Å². The van der Waals surface area contributed by atoms with Crippen molar-refractivity contribution in [2.24, 2.45) is 10.8 Å². The first-order valence-electron chi connectivity index (χ1n) is 9.83. The van der Waals surface area contributed by atoms with Crippen LogP contribution >= 0.6 is 11.6 Å². The molecule has 2 unspecified atom stereocenters. The molecule has 1 amide bonds. The molecule has 1 fully saturated rings. The fraction of sp³-hybridized carbons (Fsp3) is 0.636. The Labute approximate surface area is 181 Å². The molecule has 0 spiro atoms. The predicted octanol–water partition coefficient (Wildman–Crippen LogP) is 5.23. The minimum atomic E-state index is -1.48. The van der Waals surface area contributed by atoms with Crippen molar-refractivity contribution in [2.75, 3.05) is 13.1 Å². The number of nitrogens with zero attached hydrogens (tertiary/aromatic N) is 2. The topological polar surface area (TPSA) is 70.4 Å². The van der Waals surface area contributed by atoms with Crippen molar-refractivity contribution in [3.05, 3.63) is 29.8 Å². The summed E-state index contributed by atoms with van der Waals surface area (Å²) in [6, 6.07) is 9.84. The molecule has 0 radical (unpaired) electrons. The number of alkyl halides is 1. The summed E-state index contributed by atoms with van der Waals surface area (Å²) < 4.78 is 18.0. The van der Waals surface area contributed by atoms with Gasteiger partial charge in [-0.05, 0) is 66.5 Å². The number of ether oxygens (including phenoxy) is 1. The van der Waals surface area contributed by atoms with Gasteiger partial charge in [-0.15, -0.1) is 11.6 Å². The van der Waals surface area contributed by atoms with Gasteiger partial charge in [0.2, 0.25) is 0 Å². The average molecular weight is 439 g/mol. The summed E-state index contributed by atoms with van der Waals surface area (Å²) in [5, 5.41) is 9.86. The molecule has 5 nitrogen and oxygen atoms in total. The van der Waals surface area contributed by atoms with E-state index in [1.54, 1.807) is 4.90 Å². The highest BCUT2D eigenvalue weighted by Crippen LogP contribution is 2.53. The molecule has 0 saturated carbocycles. The zero-order chi connectivity index (χ0) is 22.0. The Morgan fingerprint density at radius 1 is 1.21 bits per heavy atom. The molecule has 0 aliphatic carbocycles. The Balaban J connectivity index is 2.28. The van der Waals surface area contributed by atoms with Gasteiger partial charge in [-0.1, -0.05) is 17.7 Å². The quantitative estimate of drug-likeness (QED) is 0.603. The number of carbonyl (C=O) groups is 1. The lowest BCUT2D eigenvalue weighted by Crippen LogP contribution is -2.54. The maximum atomic E-state index is 13.3. The largest absolute Gasteiger partial charge is 0.444 e. The summed E-state index contributed by atoms with van der Waals surface area (Å²) >= 11 is 6.85. The minimum Gasteiger partial charge on any atom is -0.444 e. The number of amides is 1. The maximum Gasteiger partial charge on any atom is 0.410 e. The van der Waals surface area contributed by atoms with Gasteiger partial charge in [0.15, 0.2) is 0 Å². The van der Waals surface area contributed by atoms with Crippen molar-refractivity contribution in [1.82, 2.24) is 4.90 Å². The number of nitriles is 1. The number of carbonyl (C=O) groups excluding carboxylic acids is 1. The second kappa shape index (κ2) is 8.65. The fourth-order valence-electron chi connectivity index (χ4n) is 3.66. The van der Waals surface area contributed by atoms with E-state index in [0.29, 0.717) is 30.8 Å². The Morgan fingerprint density at radius 2 is 1.72 bits per heavy atom. The van der Waals surface area contributed by atoms with Crippen LogP contribution in [0.15, 0.2) is 29.2 Å². The molecule has 29 heavy (non-hydrogen) atoms. The number of hydrogen-bond acceptors (Lipinski definition) is 4. The monoisotopic (exact) mass is 438 g/mol. The molecule has 1 aliphatic heterocycles.